The number of rotatable bonds is 7. The fourth-order valence-electron chi connectivity index (χ4n) is 5.81. The summed E-state index contributed by atoms with van der Waals surface area (Å²) in [5.41, 5.74) is 1.32. The first-order valence-electron chi connectivity index (χ1n) is 13.0. The zero-order chi connectivity index (χ0) is 22.3. The molecule has 1 amide bonds. The molecule has 1 aromatic rings. The van der Waals surface area contributed by atoms with E-state index in [2.05, 4.69) is 53.1 Å². The molecular weight excluding hydrogens is 398 g/mol. The first kappa shape index (κ1) is 23.6. The van der Waals surface area contributed by atoms with Crippen LogP contribution < -0.4 is 4.74 Å². The van der Waals surface area contributed by atoms with Crippen LogP contribution in [0.25, 0.3) is 0 Å². The van der Waals surface area contributed by atoms with Gasteiger partial charge in [0.25, 0.3) is 0 Å². The lowest BCUT2D eigenvalue weighted by atomic mass is 9.87. The number of hydrogen-bond donors (Lipinski definition) is 0. The van der Waals surface area contributed by atoms with E-state index in [1.54, 1.807) is 0 Å². The van der Waals surface area contributed by atoms with Crippen molar-refractivity contribution in [3.63, 3.8) is 0 Å². The van der Waals surface area contributed by atoms with Gasteiger partial charge in [0.15, 0.2) is 0 Å². The fourth-order valence-corrected chi connectivity index (χ4v) is 5.81. The van der Waals surface area contributed by atoms with Gasteiger partial charge in [-0.05, 0) is 83.4 Å². The summed E-state index contributed by atoms with van der Waals surface area (Å²) in [6.45, 7) is 5.87. The number of piperidine rings is 2. The van der Waals surface area contributed by atoms with Gasteiger partial charge in [-0.1, -0.05) is 31.4 Å². The maximum absolute atomic E-state index is 12.9. The first-order chi connectivity index (χ1) is 15.6. The molecule has 2 heterocycles. The second-order valence-electron chi connectivity index (χ2n) is 10.5. The molecule has 5 heteroatoms. The second-order valence-corrected chi connectivity index (χ2v) is 10.5. The van der Waals surface area contributed by atoms with Gasteiger partial charge in [-0.2, -0.15) is 0 Å². The predicted octanol–water partition coefficient (Wildman–Crippen LogP) is 4.41. The van der Waals surface area contributed by atoms with Gasteiger partial charge in [-0.3, -0.25) is 9.69 Å². The summed E-state index contributed by atoms with van der Waals surface area (Å²) >= 11 is 0. The molecular formula is C27H43N3O2. The summed E-state index contributed by atoms with van der Waals surface area (Å²) in [6.07, 6.45) is 10.7. The highest BCUT2D eigenvalue weighted by Gasteiger charge is 2.30. The van der Waals surface area contributed by atoms with Crippen LogP contribution >= 0.6 is 0 Å². The van der Waals surface area contributed by atoms with Gasteiger partial charge in [0.05, 0.1) is 6.61 Å². The molecule has 178 valence electrons. The molecule has 3 aliphatic rings. The Labute approximate surface area is 195 Å². The summed E-state index contributed by atoms with van der Waals surface area (Å²) in [6, 6.07) is 9.29. The van der Waals surface area contributed by atoms with Gasteiger partial charge in [0.2, 0.25) is 5.91 Å². The molecule has 4 rings (SSSR count). The fraction of sp³-hybridized carbons (Fsp3) is 0.741. The van der Waals surface area contributed by atoms with Crippen molar-refractivity contribution < 1.29 is 9.53 Å². The molecule has 0 bridgehead atoms. The minimum atomic E-state index is 0.279. The van der Waals surface area contributed by atoms with Crippen LogP contribution in [0, 0.1) is 11.8 Å². The molecule has 1 atom stereocenters. The van der Waals surface area contributed by atoms with Crippen LogP contribution in [-0.4, -0.2) is 73.5 Å². The predicted molar refractivity (Wildman–Crippen MR) is 130 cm³/mol. The molecule has 0 N–H and O–H groups in total. The van der Waals surface area contributed by atoms with Crippen LogP contribution in [0.15, 0.2) is 24.3 Å². The molecule has 32 heavy (non-hydrogen) atoms. The molecule has 1 aliphatic carbocycles. The summed E-state index contributed by atoms with van der Waals surface area (Å²) in [4.78, 5) is 20.0. The monoisotopic (exact) mass is 441 g/mol. The van der Waals surface area contributed by atoms with E-state index in [0.29, 0.717) is 24.5 Å². The quantitative estimate of drug-likeness (QED) is 0.628. The van der Waals surface area contributed by atoms with Crippen LogP contribution in [0.1, 0.15) is 63.4 Å². The van der Waals surface area contributed by atoms with Crippen molar-refractivity contribution in [3.8, 4) is 5.75 Å². The highest BCUT2D eigenvalue weighted by atomic mass is 16.5. The van der Waals surface area contributed by atoms with Crippen molar-refractivity contribution in [2.24, 2.45) is 11.8 Å². The average Bonchev–Trinajstić information content (AvgIpc) is 2.83. The van der Waals surface area contributed by atoms with Crippen molar-refractivity contribution in [2.75, 3.05) is 46.9 Å². The zero-order valence-electron chi connectivity index (χ0n) is 20.3. The summed E-state index contributed by atoms with van der Waals surface area (Å²) in [5, 5.41) is 0. The third kappa shape index (κ3) is 6.48. The Kier molecular flexibility index (Phi) is 8.48. The largest absolute Gasteiger partial charge is 0.493 e. The Morgan fingerprint density at radius 3 is 2.59 bits per heavy atom. The lowest BCUT2D eigenvalue weighted by Crippen LogP contribution is -2.44. The number of benzene rings is 1. The maximum atomic E-state index is 12.9. The van der Waals surface area contributed by atoms with Gasteiger partial charge in [-0.15, -0.1) is 0 Å². The Morgan fingerprint density at radius 1 is 1.03 bits per heavy atom. The normalized spacial score (nSPS) is 24.1. The Hall–Kier alpha value is -1.59. The van der Waals surface area contributed by atoms with Crippen LogP contribution in [0.5, 0.6) is 5.75 Å². The summed E-state index contributed by atoms with van der Waals surface area (Å²) < 4.78 is 6.24. The highest BCUT2D eigenvalue weighted by Crippen LogP contribution is 2.28. The third-order valence-corrected chi connectivity index (χ3v) is 7.91. The van der Waals surface area contributed by atoms with Gasteiger partial charge >= 0.3 is 0 Å². The van der Waals surface area contributed by atoms with Crippen LogP contribution in [0.3, 0.4) is 0 Å². The molecule has 2 saturated heterocycles. The van der Waals surface area contributed by atoms with Crippen molar-refractivity contribution in [2.45, 2.75) is 70.4 Å². The molecule has 2 aliphatic heterocycles. The summed E-state index contributed by atoms with van der Waals surface area (Å²) in [7, 11) is 4.47. The van der Waals surface area contributed by atoms with Crippen LogP contribution in [0.4, 0.5) is 0 Å². The molecule has 0 spiro atoms. The van der Waals surface area contributed by atoms with E-state index in [4.69, 9.17) is 4.74 Å². The number of likely N-dealkylation sites (tertiary alicyclic amines) is 2. The summed E-state index contributed by atoms with van der Waals surface area (Å²) in [5.74, 6) is 2.10. The molecule has 0 radical (unpaired) electrons. The number of amides is 1. The van der Waals surface area contributed by atoms with E-state index in [1.165, 1.54) is 50.8 Å². The smallest absolute Gasteiger partial charge is 0.225 e. The van der Waals surface area contributed by atoms with E-state index in [1.807, 2.05) is 0 Å². The van der Waals surface area contributed by atoms with Gasteiger partial charge < -0.3 is 14.5 Å². The SMILES string of the molecule is CN1CCC(N(C)Cc2cccc(OCC3CCCN(C(=O)C4CCCCC4)C3)c2)CC1. The second kappa shape index (κ2) is 11.5. The van der Waals surface area contributed by atoms with Gasteiger partial charge in [-0.25, -0.2) is 0 Å². The van der Waals surface area contributed by atoms with E-state index in [0.717, 1.165) is 51.1 Å². The van der Waals surface area contributed by atoms with Gasteiger partial charge in [0, 0.05) is 37.5 Å². The number of carbonyl (C=O) groups excluding carboxylic acids is 1. The van der Waals surface area contributed by atoms with Crippen LogP contribution in [-0.2, 0) is 11.3 Å². The number of nitrogens with zero attached hydrogens (tertiary/aromatic N) is 3. The number of hydrogen-bond acceptors (Lipinski definition) is 4. The van der Waals surface area contributed by atoms with E-state index in [-0.39, 0.29) is 5.92 Å². The van der Waals surface area contributed by atoms with Crippen molar-refractivity contribution >= 4 is 5.91 Å². The van der Waals surface area contributed by atoms with Crippen molar-refractivity contribution in [3.05, 3.63) is 29.8 Å². The van der Waals surface area contributed by atoms with Crippen molar-refractivity contribution in [1.29, 1.82) is 0 Å². The molecule has 1 aromatic carbocycles. The third-order valence-electron chi connectivity index (χ3n) is 7.91. The highest BCUT2D eigenvalue weighted by molar-refractivity contribution is 5.79. The first-order valence-corrected chi connectivity index (χ1v) is 13.0. The minimum Gasteiger partial charge on any atom is -0.493 e. The molecule has 1 saturated carbocycles. The van der Waals surface area contributed by atoms with Crippen LogP contribution in [0.2, 0.25) is 0 Å². The maximum Gasteiger partial charge on any atom is 0.225 e. The van der Waals surface area contributed by atoms with E-state index < -0.39 is 0 Å². The van der Waals surface area contributed by atoms with E-state index in [9.17, 15) is 4.79 Å². The topological polar surface area (TPSA) is 36.0 Å². The Morgan fingerprint density at radius 2 is 1.81 bits per heavy atom. The molecule has 0 aromatic heterocycles. The average molecular weight is 442 g/mol. The lowest BCUT2D eigenvalue weighted by Gasteiger charge is -2.36. The Bertz CT molecular complexity index is 725. The zero-order valence-corrected chi connectivity index (χ0v) is 20.3. The van der Waals surface area contributed by atoms with Crippen molar-refractivity contribution in [1.82, 2.24) is 14.7 Å². The lowest BCUT2D eigenvalue weighted by molar-refractivity contribution is -0.138. The minimum absolute atomic E-state index is 0.279. The number of carbonyl (C=O) groups is 1. The van der Waals surface area contributed by atoms with Gasteiger partial charge in [0.1, 0.15) is 5.75 Å². The molecule has 1 unspecified atom stereocenters. The number of ether oxygens (including phenoxy) is 1. The molecule has 5 nitrogen and oxygen atoms in total. The Balaban J connectivity index is 1.25. The van der Waals surface area contributed by atoms with E-state index >= 15 is 0 Å². The standard InChI is InChI=1S/C27H43N3O2/c1-28-16-13-25(14-17-28)29(2)19-22-8-6-12-26(18-22)32-21-23-9-7-15-30(20-23)27(31)24-10-4-3-5-11-24/h6,8,12,18,23-25H,3-5,7,9-11,13-17,19-21H2,1-2H3. The molecule has 3 fully saturated rings.